The summed E-state index contributed by atoms with van der Waals surface area (Å²) in [4.78, 5) is 22.7. The van der Waals surface area contributed by atoms with E-state index >= 15 is 0 Å². The number of carbonyl (C=O) groups is 1. The molecule has 0 radical (unpaired) electrons. The number of pyridine rings is 1. The van der Waals surface area contributed by atoms with Crippen molar-refractivity contribution in [3.8, 4) is 11.5 Å². The Kier molecular flexibility index (Phi) is 10.2. The third kappa shape index (κ3) is 8.37. The number of amides is 1. The Morgan fingerprint density at radius 2 is 2.06 bits per heavy atom. The van der Waals surface area contributed by atoms with Crippen LogP contribution in [0.5, 0.6) is 11.5 Å². The molecular formula is C22H29F2N5O3. The highest BCUT2D eigenvalue weighted by atomic mass is 19.3. The number of nitrogens with zero attached hydrogens (tertiary/aromatic N) is 3. The van der Waals surface area contributed by atoms with Gasteiger partial charge in [0.1, 0.15) is 11.5 Å². The van der Waals surface area contributed by atoms with E-state index in [0.29, 0.717) is 36.8 Å². The Labute approximate surface area is 186 Å². The molecule has 0 saturated heterocycles. The van der Waals surface area contributed by atoms with E-state index in [1.54, 1.807) is 24.2 Å². The Morgan fingerprint density at radius 1 is 1.25 bits per heavy atom. The van der Waals surface area contributed by atoms with E-state index in [1.807, 2.05) is 25.1 Å². The molecule has 0 aliphatic heterocycles. The Hall–Kier alpha value is -3.43. The van der Waals surface area contributed by atoms with Crippen molar-refractivity contribution in [2.24, 2.45) is 4.99 Å². The maximum Gasteiger partial charge on any atom is 0.387 e. The van der Waals surface area contributed by atoms with Gasteiger partial charge < -0.3 is 25.0 Å². The number of rotatable bonds is 11. The van der Waals surface area contributed by atoms with E-state index in [0.717, 1.165) is 5.69 Å². The van der Waals surface area contributed by atoms with Gasteiger partial charge in [0, 0.05) is 44.0 Å². The number of guanidine groups is 1. The fraction of sp³-hybridized carbons (Fsp3) is 0.409. The highest BCUT2D eigenvalue weighted by molar-refractivity contribution is 5.86. The standard InChI is InChI=1S/C22H29F2N5O3/c1-4-25-22(27-14-16-13-18(31-3)8-9-19(16)32-21(23)24)28-15-20(30)29(2)12-10-17-7-5-6-11-26-17/h5-9,11,13,21H,4,10,12,14-15H2,1-3H3,(H2,25,27,28). The smallest absolute Gasteiger partial charge is 0.387 e. The third-order valence-electron chi connectivity index (χ3n) is 4.50. The zero-order valence-corrected chi connectivity index (χ0v) is 18.5. The van der Waals surface area contributed by atoms with Crippen LogP contribution in [0.2, 0.25) is 0 Å². The second-order valence-electron chi connectivity index (χ2n) is 6.79. The fourth-order valence-corrected chi connectivity index (χ4v) is 2.77. The highest BCUT2D eigenvalue weighted by Gasteiger charge is 2.13. The van der Waals surface area contributed by atoms with Crippen molar-refractivity contribution in [1.29, 1.82) is 0 Å². The number of alkyl halides is 2. The van der Waals surface area contributed by atoms with Gasteiger partial charge >= 0.3 is 6.61 Å². The summed E-state index contributed by atoms with van der Waals surface area (Å²) >= 11 is 0. The number of hydrogen-bond donors (Lipinski definition) is 2. The lowest BCUT2D eigenvalue weighted by Gasteiger charge is -2.18. The molecule has 0 bridgehead atoms. The van der Waals surface area contributed by atoms with E-state index in [1.165, 1.54) is 19.2 Å². The minimum atomic E-state index is -2.95. The molecule has 2 N–H and O–H groups in total. The molecule has 1 aromatic carbocycles. The summed E-state index contributed by atoms with van der Waals surface area (Å²) in [5.41, 5.74) is 1.34. The van der Waals surface area contributed by atoms with Gasteiger partial charge in [0.2, 0.25) is 5.91 Å². The number of halogens is 2. The molecule has 8 nitrogen and oxygen atoms in total. The molecule has 0 fully saturated rings. The van der Waals surface area contributed by atoms with Crippen molar-refractivity contribution >= 4 is 11.9 Å². The lowest BCUT2D eigenvalue weighted by Crippen LogP contribution is -2.44. The molecule has 2 aromatic rings. The summed E-state index contributed by atoms with van der Waals surface area (Å²) < 4.78 is 35.1. The summed E-state index contributed by atoms with van der Waals surface area (Å²) in [7, 11) is 3.21. The van der Waals surface area contributed by atoms with Gasteiger partial charge in [-0.15, -0.1) is 0 Å². The maximum absolute atomic E-state index is 12.7. The zero-order chi connectivity index (χ0) is 23.3. The van der Waals surface area contributed by atoms with Crippen molar-refractivity contribution in [3.05, 3.63) is 53.9 Å². The SMILES string of the molecule is CCNC(=NCc1cc(OC)ccc1OC(F)F)NCC(=O)N(C)CCc1ccccn1. The number of carbonyl (C=O) groups excluding carboxylic acids is 1. The molecule has 0 atom stereocenters. The quantitative estimate of drug-likeness (QED) is 0.405. The Morgan fingerprint density at radius 3 is 2.72 bits per heavy atom. The van der Waals surface area contributed by atoms with Crippen molar-refractivity contribution in [2.45, 2.75) is 26.5 Å². The predicted octanol–water partition coefficient (Wildman–Crippen LogP) is 2.45. The first-order chi connectivity index (χ1) is 15.4. The summed E-state index contributed by atoms with van der Waals surface area (Å²) in [6.45, 7) is 0.116. The molecule has 0 saturated carbocycles. The van der Waals surface area contributed by atoms with Crippen LogP contribution in [0.15, 0.2) is 47.6 Å². The number of nitrogens with one attached hydrogen (secondary N) is 2. The van der Waals surface area contributed by atoms with Gasteiger partial charge in [-0.1, -0.05) is 6.07 Å². The molecule has 0 aliphatic rings. The number of methoxy groups -OCH3 is 1. The van der Waals surface area contributed by atoms with E-state index < -0.39 is 6.61 Å². The van der Waals surface area contributed by atoms with Gasteiger partial charge in [0.25, 0.3) is 0 Å². The minimum Gasteiger partial charge on any atom is -0.497 e. The lowest BCUT2D eigenvalue weighted by atomic mass is 10.2. The van der Waals surface area contributed by atoms with E-state index in [2.05, 4.69) is 25.3 Å². The van der Waals surface area contributed by atoms with Crippen molar-refractivity contribution in [1.82, 2.24) is 20.5 Å². The minimum absolute atomic E-state index is 0.0192. The second kappa shape index (κ2) is 13.1. The van der Waals surface area contributed by atoms with Crippen molar-refractivity contribution in [2.75, 3.05) is 33.8 Å². The van der Waals surface area contributed by atoms with Gasteiger partial charge in [-0.2, -0.15) is 8.78 Å². The molecule has 0 aliphatic carbocycles. The molecule has 1 heterocycles. The predicted molar refractivity (Wildman–Crippen MR) is 118 cm³/mol. The van der Waals surface area contributed by atoms with E-state index in [9.17, 15) is 13.6 Å². The molecule has 1 amide bonds. The highest BCUT2D eigenvalue weighted by Crippen LogP contribution is 2.26. The summed E-state index contributed by atoms with van der Waals surface area (Å²) in [6, 6.07) is 10.2. The Balaban J connectivity index is 1.97. The van der Waals surface area contributed by atoms with Crippen LogP contribution in [0.3, 0.4) is 0 Å². The number of benzene rings is 1. The van der Waals surface area contributed by atoms with Crippen molar-refractivity contribution in [3.63, 3.8) is 0 Å². The van der Waals surface area contributed by atoms with Crippen LogP contribution in [-0.2, 0) is 17.8 Å². The van der Waals surface area contributed by atoms with Crippen LogP contribution in [0.4, 0.5) is 8.78 Å². The van der Waals surface area contributed by atoms with Crippen LogP contribution in [0.1, 0.15) is 18.2 Å². The molecule has 2 rings (SSSR count). The first-order valence-electron chi connectivity index (χ1n) is 10.2. The van der Waals surface area contributed by atoms with Crippen LogP contribution < -0.4 is 20.1 Å². The first kappa shape index (κ1) is 24.8. The van der Waals surface area contributed by atoms with Gasteiger partial charge in [-0.05, 0) is 37.3 Å². The molecule has 32 heavy (non-hydrogen) atoms. The molecular weight excluding hydrogens is 420 g/mol. The van der Waals surface area contributed by atoms with E-state index in [4.69, 9.17) is 4.74 Å². The van der Waals surface area contributed by atoms with Crippen LogP contribution >= 0.6 is 0 Å². The third-order valence-corrected chi connectivity index (χ3v) is 4.50. The number of aliphatic imine (C=N–C) groups is 1. The zero-order valence-electron chi connectivity index (χ0n) is 18.5. The average Bonchev–Trinajstić information content (AvgIpc) is 2.80. The molecule has 0 unspecified atom stereocenters. The molecule has 1 aromatic heterocycles. The normalized spacial score (nSPS) is 11.2. The average molecular weight is 450 g/mol. The van der Waals surface area contributed by atoms with Crippen molar-refractivity contribution < 1.29 is 23.0 Å². The fourth-order valence-electron chi connectivity index (χ4n) is 2.77. The van der Waals surface area contributed by atoms with Gasteiger partial charge in [-0.25, -0.2) is 4.99 Å². The van der Waals surface area contributed by atoms with E-state index in [-0.39, 0.29) is 24.7 Å². The molecule has 174 valence electrons. The first-order valence-corrected chi connectivity index (χ1v) is 10.2. The molecule has 0 spiro atoms. The largest absolute Gasteiger partial charge is 0.497 e. The van der Waals surface area contributed by atoms with Gasteiger partial charge in [-0.3, -0.25) is 9.78 Å². The van der Waals surface area contributed by atoms with Crippen LogP contribution in [0.25, 0.3) is 0 Å². The van der Waals surface area contributed by atoms with Gasteiger partial charge in [0.05, 0.1) is 20.2 Å². The second-order valence-corrected chi connectivity index (χ2v) is 6.79. The maximum atomic E-state index is 12.7. The van der Waals surface area contributed by atoms with Gasteiger partial charge in [0.15, 0.2) is 5.96 Å². The number of hydrogen-bond acceptors (Lipinski definition) is 5. The molecule has 10 heteroatoms. The summed E-state index contributed by atoms with van der Waals surface area (Å²) in [6.07, 6.45) is 2.37. The van der Waals surface area contributed by atoms with Crippen LogP contribution in [-0.4, -0.2) is 62.2 Å². The number of ether oxygens (including phenoxy) is 2. The summed E-state index contributed by atoms with van der Waals surface area (Å²) in [5.74, 6) is 0.782. The number of aromatic nitrogens is 1. The lowest BCUT2D eigenvalue weighted by molar-refractivity contribution is -0.128. The monoisotopic (exact) mass is 449 g/mol. The Bertz CT molecular complexity index is 881. The van der Waals surface area contributed by atoms with Crippen LogP contribution in [0, 0.1) is 0 Å². The number of likely N-dealkylation sites (N-methyl/N-ethyl adjacent to an activating group) is 1. The summed E-state index contributed by atoms with van der Waals surface area (Å²) in [5, 5.41) is 6.00. The topological polar surface area (TPSA) is 88.1 Å².